The molecule has 2 amide bonds. The van der Waals surface area contributed by atoms with Crippen LogP contribution in [0.2, 0.25) is 0 Å². The summed E-state index contributed by atoms with van der Waals surface area (Å²) < 4.78 is 11.8. The van der Waals surface area contributed by atoms with E-state index in [1.807, 2.05) is 38.1 Å². The van der Waals surface area contributed by atoms with Crippen LogP contribution >= 0.6 is 0 Å². The van der Waals surface area contributed by atoms with Crippen molar-refractivity contribution in [2.45, 2.75) is 19.3 Å². The molecule has 5 rings (SSSR count). The molecule has 52 heavy (non-hydrogen) atoms. The summed E-state index contributed by atoms with van der Waals surface area (Å²) in [4.78, 5) is 60.2. The Labute approximate surface area is 297 Å². The third kappa shape index (κ3) is 8.00. The van der Waals surface area contributed by atoms with Crippen LogP contribution in [0.25, 0.3) is 0 Å². The molecule has 0 bridgehead atoms. The van der Waals surface area contributed by atoms with Gasteiger partial charge in [0.15, 0.2) is 0 Å². The first-order valence-electron chi connectivity index (χ1n) is 15.6. The number of hydrogen-bond donors (Lipinski definition) is 6. The smallest absolute Gasteiger partial charge is 0.336 e. The molecule has 0 saturated carbocycles. The topological polar surface area (TPSA) is 215 Å². The van der Waals surface area contributed by atoms with Gasteiger partial charge in [0.05, 0.1) is 27.8 Å². The lowest BCUT2D eigenvalue weighted by molar-refractivity contribution is 0.0682. The number of carboxylic acids is 3. The van der Waals surface area contributed by atoms with Crippen LogP contribution in [0.1, 0.15) is 76.8 Å². The fraction of sp³-hybridized carbons (Fsp3) is 0.103. The van der Waals surface area contributed by atoms with Crippen molar-refractivity contribution in [2.24, 2.45) is 0 Å². The standard InChI is InChI=1S/C39H33N3O10/c1-39(2,22-4-8-26(9-5-22)51-28-12-14-30(34(43)41-3)32(19-28)37(47)48)23-6-10-27(11-7-23)52-29-13-15-31(33(20-29)38(49)50)35(44)42-25-17-21(36(45)46)16-24(40)18-25/h4-20H,40H2,1-3H3,(H,41,43)(H,42,44)(H,45,46)(H,47,48)(H,49,50). The third-order valence-electron chi connectivity index (χ3n) is 8.24. The van der Waals surface area contributed by atoms with E-state index in [-0.39, 0.29) is 50.7 Å². The number of hydrogen-bond acceptors (Lipinski definition) is 8. The van der Waals surface area contributed by atoms with Gasteiger partial charge in [0.25, 0.3) is 11.8 Å². The van der Waals surface area contributed by atoms with Crippen LogP contribution < -0.4 is 25.8 Å². The van der Waals surface area contributed by atoms with Gasteiger partial charge < -0.3 is 41.2 Å². The molecule has 0 saturated heterocycles. The molecule has 0 radical (unpaired) electrons. The molecule has 0 fully saturated rings. The number of ether oxygens (including phenoxy) is 2. The van der Waals surface area contributed by atoms with Gasteiger partial charge in [-0.2, -0.15) is 0 Å². The molecule has 0 heterocycles. The SMILES string of the molecule is CNC(=O)c1ccc(Oc2ccc(C(C)(C)c3ccc(Oc4ccc(C(=O)Nc5cc(N)cc(C(=O)O)c5)c(C(=O)O)c4)cc3)cc2)cc1C(=O)O. The van der Waals surface area contributed by atoms with E-state index in [0.29, 0.717) is 11.5 Å². The molecule has 264 valence electrons. The number of nitrogens with two attached hydrogens (primary N) is 1. The fourth-order valence-electron chi connectivity index (χ4n) is 5.42. The zero-order valence-corrected chi connectivity index (χ0v) is 28.1. The van der Waals surface area contributed by atoms with E-state index >= 15 is 0 Å². The normalized spacial score (nSPS) is 10.9. The van der Waals surface area contributed by atoms with Gasteiger partial charge in [-0.15, -0.1) is 0 Å². The summed E-state index contributed by atoms with van der Waals surface area (Å²) in [5.41, 5.74) is 6.57. The Balaban J connectivity index is 1.28. The van der Waals surface area contributed by atoms with E-state index in [1.54, 1.807) is 24.3 Å². The first kappa shape index (κ1) is 36.1. The van der Waals surface area contributed by atoms with E-state index in [4.69, 9.17) is 15.2 Å². The van der Waals surface area contributed by atoms with Crippen LogP contribution in [0.3, 0.4) is 0 Å². The number of aromatic carboxylic acids is 3. The van der Waals surface area contributed by atoms with Gasteiger partial charge in [-0.05, 0) is 90.0 Å². The van der Waals surface area contributed by atoms with Gasteiger partial charge in [0.2, 0.25) is 0 Å². The van der Waals surface area contributed by atoms with Gasteiger partial charge in [-0.1, -0.05) is 38.1 Å². The molecule has 7 N–H and O–H groups in total. The summed E-state index contributed by atoms with van der Waals surface area (Å²) in [7, 11) is 1.42. The van der Waals surface area contributed by atoms with Crippen molar-refractivity contribution in [2.75, 3.05) is 18.1 Å². The molecule has 0 aliphatic carbocycles. The van der Waals surface area contributed by atoms with Crippen LogP contribution in [0.15, 0.2) is 103 Å². The Kier molecular flexibility index (Phi) is 10.3. The van der Waals surface area contributed by atoms with Gasteiger partial charge >= 0.3 is 17.9 Å². The maximum Gasteiger partial charge on any atom is 0.336 e. The number of carboxylic acid groups (broad SMARTS) is 3. The summed E-state index contributed by atoms with van der Waals surface area (Å²) in [6, 6.07) is 26.5. The van der Waals surface area contributed by atoms with E-state index < -0.39 is 35.1 Å². The fourth-order valence-corrected chi connectivity index (χ4v) is 5.42. The van der Waals surface area contributed by atoms with Crippen LogP contribution in [0.4, 0.5) is 11.4 Å². The quantitative estimate of drug-likeness (QED) is 0.0736. The molecule has 13 heteroatoms. The van der Waals surface area contributed by atoms with Gasteiger partial charge in [0, 0.05) is 23.8 Å². The van der Waals surface area contributed by atoms with Crippen molar-refractivity contribution < 1.29 is 48.8 Å². The lowest BCUT2D eigenvalue weighted by atomic mass is 9.78. The van der Waals surface area contributed by atoms with Gasteiger partial charge in [-0.25, -0.2) is 14.4 Å². The van der Waals surface area contributed by atoms with Crippen LogP contribution in [-0.2, 0) is 5.41 Å². The highest BCUT2D eigenvalue weighted by molar-refractivity contribution is 6.11. The van der Waals surface area contributed by atoms with Crippen molar-refractivity contribution in [3.63, 3.8) is 0 Å². The van der Waals surface area contributed by atoms with E-state index in [9.17, 15) is 39.3 Å². The molecule has 0 unspecified atom stereocenters. The number of nitrogens with one attached hydrogen (secondary N) is 2. The molecule has 0 spiro atoms. The minimum Gasteiger partial charge on any atom is -0.478 e. The monoisotopic (exact) mass is 703 g/mol. The second-order valence-electron chi connectivity index (χ2n) is 12.1. The lowest BCUT2D eigenvalue weighted by Gasteiger charge is -2.26. The molecule has 5 aromatic rings. The number of nitrogen functional groups attached to an aromatic ring is 1. The highest BCUT2D eigenvalue weighted by atomic mass is 16.5. The Morgan fingerprint density at radius 2 is 1.00 bits per heavy atom. The van der Waals surface area contributed by atoms with E-state index in [0.717, 1.165) is 11.1 Å². The molecule has 0 aliphatic rings. The zero-order valence-electron chi connectivity index (χ0n) is 28.1. The van der Waals surface area contributed by atoms with Gasteiger partial charge in [0.1, 0.15) is 23.0 Å². The van der Waals surface area contributed by atoms with Crippen molar-refractivity contribution in [1.29, 1.82) is 0 Å². The predicted octanol–water partition coefficient (Wildman–Crippen LogP) is 6.89. The van der Waals surface area contributed by atoms with Gasteiger partial charge in [-0.3, -0.25) is 9.59 Å². The van der Waals surface area contributed by atoms with Crippen molar-refractivity contribution in [3.8, 4) is 23.0 Å². The molecular formula is C39H33N3O10. The molecule has 0 aromatic heterocycles. The molecule has 0 aliphatic heterocycles. The summed E-state index contributed by atoms with van der Waals surface area (Å²) in [5, 5.41) is 33.6. The number of rotatable bonds is 12. The average molecular weight is 704 g/mol. The first-order valence-corrected chi connectivity index (χ1v) is 15.6. The summed E-state index contributed by atoms with van der Waals surface area (Å²) in [5.74, 6) is -3.84. The first-order chi connectivity index (χ1) is 24.7. The predicted molar refractivity (Wildman–Crippen MR) is 191 cm³/mol. The minimum atomic E-state index is -1.37. The lowest BCUT2D eigenvalue weighted by Crippen LogP contribution is -2.21. The maximum absolute atomic E-state index is 13.0. The number of benzene rings is 5. The number of carbonyl (C=O) groups is 5. The summed E-state index contributed by atoms with van der Waals surface area (Å²) >= 11 is 0. The van der Waals surface area contributed by atoms with Crippen molar-refractivity contribution in [1.82, 2.24) is 5.32 Å². The second-order valence-corrected chi connectivity index (χ2v) is 12.1. The maximum atomic E-state index is 13.0. The highest BCUT2D eigenvalue weighted by Gasteiger charge is 2.24. The Morgan fingerprint density at radius 1 is 0.558 bits per heavy atom. The van der Waals surface area contributed by atoms with Crippen LogP contribution in [0, 0.1) is 0 Å². The Morgan fingerprint density at radius 3 is 1.42 bits per heavy atom. The molecule has 5 aromatic carbocycles. The zero-order chi connectivity index (χ0) is 37.7. The Hall–Kier alpha value is -7.15. The van der Waals surface area contributed by atoms with E-state index in [2.05, 4.69) is 10.6 Å². The second kappa shape index (κ2) is 14.8. The van der Waals surface area contributed by atoms with Crippen LogP contribution in [-0.4, -0.2) is 52.1 Å². The largest absolute Gasteiger partial charge is 0.478 e. The molecular weight excluding hydrogens is 670 g/mol. The Bertz CT molecular complexity index is 2210. The minimum absolute atomic E-state index is 0.0223. The number of carbonyl (C=O) groups excluding carboxylic acids is 2. The van der Waals surface area contributed by atoms with Crippen molar-refractivity contribution >= 4 is 41.1 Å². The number of anilines is 2. The van der Waals surface area contributed by atoms with Crippen LogP contribution in [0.5, 0.6) is 23.0 Å². The summed E-state index contributed by atoms with van der Waals surface area (Å²) in [6.07, 6.45) is 0. The molecule has 0 atom stereocenters. The third-order valence-corrected chi connectivity index (χ3v) is 8.24. The molecule has 13 nitrogen and oxygen atoms in total. The highest BCUT2D eigenvalue weighted by Crippen LogP contribution is 2.35. The number of amides is 2. The summed E-state index contributed by atoms with van der Waals surface area (Å²) in [6.45, 7) is 4.06. The average Bonchev–Trinajstić information content (AvgIpc) is 3.11. The van der Waals surface area contributed by atoms with E-state index in [1.165, 1.54) is 61.6 Å². The van der Waals surface area contributed by atoms with Crippen molar-refractivity contribution in [3.05, 3.63) is 142 Å².